The molecule has 0 aliphatic heterocycles. The summed E-state index contributed by atoms with van der Waals surface area (Å²) in [7, 11) is 0. The van der Waals surface area contributed by atoms with Crippen LogP contribution in [0.15, 0.2) is 48.1 Å². The molecule has 0 atom stereocenters. The van der Waals surface area contributed by atoms with Gasteiger partial charge < -0.3 is 0 Å². The van der Waals surface area contributed by atoms with Crippen LogP contribution in [0.3, 0.4) is 0 Å². The van der Waals surface area contributed by atoms with Gasteiger partial charge in [-0.25, -0.2) is 0 Å². The zero-order valence-corrected chi connectivity index (χ0v) is 11.3. The van der Waals surface area contributed by atoms with Crippen LogP contribution in [0.25, 0.3) is 0 Å². The highest BCUT2D eigenvalue weighted by Crippen LogP contribution is 2.11. The molecule has 0 aromatic carbocycles. The first-order valence-electron chi connectivity index (χ1n) is 6.19. The van der Waals surface area contributed by atoms with E-state index in [4.69, 9.17) is 0 Å². The maximum Gasteiger partial charge on any atom is -0.0320 e. The van der Waals surface area contributed by atoms with Crippen LogP contribution in [0.5, 0.6) is 0 Å². The van der Waals surface area contributed by atoms with Gasteiger partial charge in [0.25, 0.3) is 0 Å². The Balaban J connectivity index is 3.94. The van der Waals surface area contributed by atoms with Crippen LogP contribution in [0.2, 0.25) is 0 Å². The SMILES string of the molecule is C=C/C=C(\C)C=C/C=C(\C)CCCC(C)C. The summed E-state index contributed by atoms with van der Waals surface area (Å²) in [6.07, 6.45) is 14.1. The summed E-state index contributed by atoms with van der Waals surface area (Å²) in [5.74, 6) is 0.820. The van der Waals surface area contributed by atoms with E-state index in [0.717, 1.165) is 5.92 Å². The Hall–Kier alpha value is -1.04. The fraction of sp³-hybridized carbons (Fsp3) is 0.500. The van der Waals surface area contributed by atoms with Crippen molar-refractivity contribution in [2.75, 3.05) is 0 Å². The maximum absolute atomic E-state index is 3.68. The molecule has 0 nitrogen and oxygen atoms in total. The molecular weight excluding hydrogens is 192 g/mol. The van der Waals surface area contributed by atoms with Crippen LogP contribution in [0.1, 0.15) is 47.0 Å². The molecule has 90 valence electrons. The molecular formula is C16H26. The second-order valence-corrected chi connectivity index (χ2v) is 4.80. The van der Waals surface area contributed by atoms with Gasteiger partial charge in [-0.1, -0.05) is 68.4 Å². The Morgan fingerprint density at radius 2 is 1.88 bits per heavy atom. The third-order valence-electron chi connectivity index (χ3n) is 2.47. The maximum atomic E-state index is 3.68. The highest BCUT2D eigenvalue weighted by molar-refractivity contribution is 5.24. The van der Waals surface area contributed by atoms with E-state index in [1.807, 2.05) is 12.2 Å². The molecule has 0 saturated heterocycles. The van der Waals surface area contributed by atoms with Crippen LogP contribution in [0, 0.1) is 5.92 Å². The number of allylic oxidation sites excluding steroid dienone is 7. The van der Waals surface area contributed by atoms with Gasteiger partial charge in [-0.15, -0.1) is 0 Å². The predicted molar refractivity (Wildman–Crippen MR) is 75.5 cm³/mol. The lowest BCUT2D eigenvalue weighted by atomic mass is 10.0. The van der Waals surface area contributed by atoms with Crippen LogP contribution in [-0.2, 0) is 0 Å². The van der Waals surface area contributed by atoms with E-state index in [0.29, 0.717) is 0 Å². The molecule has 0 amide bonds. The monoisotopic (exact) mass is 218 g/mol. The topological polar surface area (TPSA) is 0 Å². The van der Waals surface area contributed by atoms with Crippen molar-refractivity contribution in [3.05, 3.63) is 48.1 Å². The van der Waals surface area contributed by atoms with Crippen LogP contribution in [0.4, 0.5) is 0 Å². The molecule has 0 unspecified atom stereocenters. The van der Waals surface area contributed by atoms with E-state index in [9.17, 15) is 0 Å². The summed E-state index contributed by atoms with van der Waals surface area (Å²) in [6.45, 7) is 12.5. The largest absolute Gasteiger partial charge is 0.0991 e. The molecule has 0 N–H and O–H groups in total. The Labute approximate surface area is 101 Å². The van der Waals surface area contributed by atoms with Gasteiger partial charge in [-0.05, 0) is 32.6 Å². The quantitative estimate of drug-likeness (QED) is 0.499. The highest BCUT2D eigenvalue weighted by atomic mass is 14.0. The standard InChI is InChI=1S/C16H26/c1-6-9-15(4)12-8-13-16(5)11-7-10-14(2)3/h6,8-9,12-14H,1,7,10-11H2,2-5H3/b12-8?,15-9+,16-13+. The summed E-state index contributed by atoms with van der Waals surface area (Å²) in [4.78, 5) is 0. The Bertz CT molecular complexity index is 274. The van der Waals surface area contributed by atoms with E-state index in [1.54, 1.807) is 0 Å². The molecule has 0 aromatic rings. The van der Waals surface area contributed by atoms with Crippen LogP contribution >= 0.6 is 0 Å². The zero-order valence-electron chi connectivity index (χ0n) is 11.3. The van der Waals surface area contributed by atoms with Gasteiger partial charge in [-0.3, -0.25) is 0 Å². The summed E-state index contributed by atoms with van der Waals surface area (Å²) >= 11 is 0. The minimum atomic E-state index is 0.820. The van der Waals surface area contributed by atoms with Gasteiger partial charge in [0.05, 0.1) is 0 Å². The van der Waals surface area contributed by atoms with E-state index in [2.05, 4.69) is 52.5 Å². The molecule has 16 heavy (non-hydrogen) atoms. The minimum Gasteiger partial charge on any atom is -0.0991 e. The normalized spacial score (nSPS) is 13.8. The van der Waals surface area contributed by atoms with Crippen molar-refractivity contribution in [1.29, 1.82) is 0 Å². The predicted octanol–water partition coefficient (Wildman–Crippen LogP) is 5.45. The smallest absolute Gasteiger partial charge is 0.0320 e. The average Bonchev–Trinajstić information content (AvgIpc) is 2.17. The van der Waals surface area contributed by atoms with Crippen molar-refractivity contribution in [1.82, 2.24) is 0 Å². The number of hydrogen-bond acceptors (Lipinski definition) is 0. The summed E-state index contributed by atoms with van der Waals surface area (Å²) < 4.78 is 0. The molecule has 0 heterocycles. The van der Waals surface area contributed by atoms with Crippen LogP contribution in [-0.4, -0.2) is 0 Å². The minimum absolute atomic E-state index is 0.820. The van der Waals surface area contributed by atoms with Crippen molar-refractivity contribution in [3.63, 3.8) is 0 Å². The second kappa shape index (κ2) is 9.21. The van der Waals surface area contributed by atoms with Gasteiger partial charge in [0, 0.05) is 0 Å². The van der Waals surface area contributed by atoms with E-state index >= 15 is 0 Å². The third-order valence-corrected chi connectivity index (χ3v) is 2.47. The first-order chi connectivity index (χ1) is 7.56. The molecule has 0 bridgehead atoms. The molecule has 0 fully saturated rings. The Kier molecular flexibility index (Phi) is 8.61. The molecule has 0 aliphatic carbocycles. The Morgan fingerprint density at radius 3 is 2.44 bits per heavy atom. The van der Waals surface area contributed by atoms with Crippen molar-refractivity contribution < 1.29 is 0 Å². The van der Waals surface area contributed by atoms with Gasteiger partial charge in [0.15, 0.2) is 0 Å². The second-order valence-electron chi connectivity index (χ2n) is 4.80. The van der Waals surface area contributed by atoms with Crippen molar-refractivity contribution in [2.45, 2.75) is 47.0 Å². The average molecular weight is 218 g/mol. The van der Waals surface area contributed by atoms with Crippen molar-refractivity contribution in [3.8, 4) is 0 Å². The zero-order chi connectivity index (χ0) is 12.4. The lowest BCUT2D eigenvalue weighted by Gasteiger charge is -2.03. The van der Waals surface area contributed by atoms with E-state index in [-0.39, 0.29) is 0 Å². The Morgan fingerprint density at radius 1 is 1.19 bits per heavy atom. The molecule has 0 aliphatic rings. The van der Waals surface area contributed by atoms with Gasteiger partial charge in [0.1, 0.15) is 0 Å². The summed E-state index contributed by atoms with van der Waals surface area (Å²) in [5, 5.41) is 0. The molecule has 0 rings (SSSR count). The van der Waals surface area contributed by atoms with Gasteiger partial charge in [-0.2, -0.15) is 0 Å². The fourth-order valence-electron chi connectivity index (χ4n) is 1.48. The highest BCUT2D eigenvalue weighted by Gasteiger charge is 1.94. The van der Waals surface area contributed by atoms with Crippen molar-refractivity contribution in [2.24, 2.45) is 5.92 Å². The lowest BCUT2D eigenvalue weighted by molar-refractivity contribution is 0.555. The van der Waals surface area contributed by atoms with Gasteiger partial charge >= 0.3 is 0 Å². The van der Waals surface area contributed by atoms with E-state index in [1.165, 1.54) is 30.4 Å². The molecule has 0 radical (unpaired) electrons. The van der Waals surface area contributed by atoms with Crippen LogP contribution < -0.4 is 0 Å². The molecule has 0 heteroatoms. The molecule has 0 saturated carbocycles. The number of rotatable bonds is 7. The first-order valence-corrected chi connectivity index (χ1v) is 6.19. The molecule has 0 aromatic heterocycles. The van der Waals surface area contributed by atoms with Crippen molar-refractivity contribution >= 4 is 0 Å². The summed E-state index contributed by atoms with van der Waals surface area (Å²) in [5.41, 5.74) is 2.70. The van der Waals surface area contributed by atoms with E-state index < -0.39 is 0 Å². The van der Waals surface area contributed by atoms with Gasteiger partial charge in [0.2, 0.25) is 0 Å². The summed E-state index contributed by atoms with van der Waals surface area (Å²) in [6, 6.07) is 0. The first kappa shape index (κ1) is 15.0. The molecule has 0 spiro atoms. The lowest BCUT2D eigenvalue weighted by Crippen LogP contribution is -1.87. The fourth-order valence-corrected chi connectivity index (χ4v) is 1.48. The third kappa shape index (κ3) is 9.51. The number of hydrogen-bond donors (Lipinski definition) is 0.